The lowest BCUT2D eigenvalue weighted by Gasteiger charge is -2.06. The van der Waals surface area contributed by atoms with Gasteiger partial charge in [-0.3, -0.25) is 0 Å². The van der Waals surface area contributed by atoms with E-state index in [1.165, 1.54) is 22.3 Å². The molecule has 3 rings (SSSR count). The summed E-state index contributed by atoms with van der Waals surface area (Å²) in [6.45, 7) is 4.57. The average molecular weight is 250 g/mol. The lowest BCUT2D eigenvalue weighted by Crippen LogP contribution is -1.93. The van der Waals surface area contributed by atoms with Crippen LogP contribution in [0.2, 0.25) is 0 Å². The van der Waals surface area contributed by atoms with Crippen molar-refractivity contribution in [2.24, 2.45) is 5.41 Å². The van der Waals surface area contributed by atoms with Gasteiger partial charge in [0, 0.05) is 5.41 Å². The van der Waals surface area contributed by atoms with Gasteiger partial charge in [0.25, 0.3) is 0 Å². The van der Waals surface area contributed by atoms with Crippen LogP contribution in [-0.4, -0.2) is 7.11 Å². The van der Waals surface area contributed by atoms with Gasteiger partial charge in [0.2, 0.25) is 0 Å². The van der Waals surface area contributed by atoms with Crippen molar-refractivity contribution in [2.45, 2.75) is 13.8 Å². The fourth-order valence-electron chi connectivity index (χ4n) is 2.84. The Hall–Kier alpha value is -2.02. The first-order valence-electron chi connectivity index (χ1n) is 6.59. The van der Waals surface area contributed by atoms with E-state index in [0.717, 1.165) is 5.75 Å². The molecule has 0 heterocycles. The molecule has 0 saturated heterocycles. The molecule has 0 aromatic heterocycles. The number of allylic oxidation sites excluding steroid dienone is 2. The van der Waals surface area contributed by atoms with Crippen molar-refractivity contribution < 1.29 is 4.74 Å². The van der Waals surface area contributed by atoms with Crippen molar-refractivity contribution in [1.29, 1.82) is 0 Å². The molecule has 0 spiro atoms. The number of methoxy groups -OCH3 is 1. The summed E-state index contributed by atoms with van der Waals surface area (Å²) < 4.78 is 5.22. The third-order valence-corrected chi connectivity index (χ3v) is 3.88. The fourth-order valence-corrected chi connectivity index (χ4v) is 2.84. The average Bonchev–Trinajstić information content (AvgIpc) is 3.02. The second kappa shape index (κ2) is 4.27. The van der Waals surface area contributed by atoms with E-state index >= 15 is 0 Å². The Morgan fingerprint density at radius 2 is 1.26 bits per heavy atom. The minimum absolute atomic E-state index is 0.177. The van der Waals surface area contributed by atoms with Gasteiger partial charge in [-0.2, -0.15) is 0 Å². The van der Waals surface area contributed by atoms with Gasteiger partial charge in [0.05, 0.1) is 7.11 Å². The molecular weight excluding hydrogens is 232 g/mol. The third-order valence-electron chi connectivity index (χ3n) is 3.88. The quantitative estimate of drug-likeness (QED) is 0.770. The molecule has 0 bridgehead atoms. The van der Waals surface area contributed by atoms with E-state index in [1.54, 1.807) is 7.11 Å². The molecule has 1 heteroatoms. The normalized spacial score (nSPS) is 16.4. The summed E-state index contributed by atoms with van der Waals surface area (Å²) in [5, 5.41) is 0. The number of rotatable bonds is 3. The smallest absolute Gasteiger partial charge is 0.118 e. The van der Waals surface area contributed by atoms with Crippen LogP contribution < -0.4 is 4.74 Å². The van der Waals surface area contributed by atoms with E-state index in [1.807, 2.05) is 12.1 Å². The van der Waals surface area contributed by atoms with E-state index in [2.05, 4.69) is 56.3 Å². The van der Waals surface area contributed by atoms with Crippen LogP contribution in [0.25, 0.3) is 11.1 Å². The van der Waals surface area contributed by atoms with Gasteiger partial charge in [0.1, 0.15) is 5.75 Å². The highest BCUT2D eigenvalue weighted by atomic mass is 16.5. The molecule has 0 atom stereocenters. The molecule has 2 aromatic rings. The predicted molar refractivity (Wildman–Crippen MR) is 80.0 cm³/mol. The molecule has 0 amide bonds. The first kappa shape index (κ1) is 12.0. The fraction of sp³-hybridized carbons (Fsp3) is 0.222. The highest BCUT2D eigenvalue weighted by Crippen LogP contribution is 2.62. The molecule has 0 unspecified atom stereocenters. The standard InChI is InChI=1S/C18H18O/c1-18(2)16(13-7-5-4-6-8-13)17(18)14-9-11-15(19-3)12-10-14/h4-12H,1-3H3. The van der Waals surface area contributed by atoms with Crippen molar-refractivity contribution in [3.8, 4) is 5.75 Å². The van der Waals surface area contributed by atoms with Crippen molar-refractivity contribution in [2.75, 3.05) is 7.11 Å². The Bertz CT molecular complexity index is 618. The molecule has 0 aliphatic heterocycles. The predicted octanol–water partition coefficient (Wildman–Crippen LogP) is 4.65. The van der Waals surface area contributed by atoms with Crippen LogP contribution in [0.5, 0.6) is 5.75 Å². The molecule has 0 fully saturated rings. The van der Waals surface area contributed by atoms with Crippen LogP contribution in [0.4, 0.5) is 0 Å². The van der Waals surface area contributed by atoms with E-state index < -0.39 is 0 Å². The lowest BCUT2D eigenvalue weighted by atomic mass is 9.97. The van der Waals surface area contributed by atoms with Crippen LogP contribution >= 0.6 is 0 Å². The van der Waals surface area contributed by atoms with Gasteiger partial charge >= 0.3 is 0 Å². The van der Waals surface area contributed by atoms with Crippen molar-refractivity contribution in [1.82, 2.24) is 0 Å². The Morgan fingerprint density at radius 1 is 0.737 bits per heavy atom. The molecular formula is C18H18O. The third kappa shape index (κ3) is 1.95. The van der Waals surface area contributed by atoms with Gasteiger partial charge in [-0.05, 0) is 34.4 Å². The van der Waals surface area contributed by atoms with Gasteiger partial charge < -0.3 is 4.74 Å². The second-order valence-corrected chi connectivity index (χ2v) is 5.47. The van der Waals surface area contributed by atoms with Gasteiger partial charge in [0.15, 0.2) is 0 Å². The molecule has 1 nitrogen and oxygen atoms in total. The van der Waals surface area contributed by atoms with Crippen molar-refractivity contribution in [3.63, 3.8) is 0 Å². The summed E-state index contributed by atoms with van der Waals surface area (Å²) >= 11 is 0. The van der Waals surface area contributed by atoms with Crippen LogP contribution in [0.3, 0.4) is 0 Å². The molecule has 96 valence electrons. The number of hydrogen-bond acceptors (Lipinski definition) is 1. The van der Waals surface area contributed by atoms with Gasteiger partial charge in [-0.25, -0.2) is 0 Å². The Labute approximate surface area is 114 Å². The molecule has 0 radical (unpaired) electrons. The molecule has 1 aliphatic carbocycles. The topological polar surface area (TPSA) is 9.23 Å². The number of benzene rings is 2. The number of hydrogen-bond donors (Lipinski definition) is 0. The highest BCUT2D eigenvalue weighted by molar-refractivity contribution is 6.13. The van der Waals surface area contributed by atoms with Gasteiger partial charge in [-0.15, -0.1) is 0 Å². The van der Waals surface area contributed by atoms with E-state index in [4.69, 9.17) is 4.74 Å². The zero-order valence-corrected chi connectivity index (χ0v) is 11.6. The number of ether oxygens (including phenoxy) is 1. The second-order valence-electron chi connectivity index (χ2n) is 5.47. The maximum Gasteiger partial charge on any atom is 0.118 e. The van der Waals surface area contributed by atoms with E-state index in [9.17, 15) is 0 Å². The summed E-state index contributed by atoms with van der Waals surface area (Å²) in [7, 11) is 1.70. The summed E-state index contributed by atoms with van der Waals surface area (Å²) in [6.07, 6.45) is 0. The zero-order chi connectivity index (χ0) is 13.5. The summed E-state index contributed by atoms with van der Waals surface area (Å²) in [5.41, 5.74) is 5.71. The first-order chi connectivity index (χ1) is 9.14. The monoisotopic (exact) mass is 250 g/mol. The summed E-state index contributed by atoms with van der Waals surface area (Å²) in [4.78, 5) is 0. The van der Waals surface area contributed by atoms with Gasteiger partial charge in [-0.1, -0.05) is 56.3 Å². The van der Waals surface area contributed by atoms with E-state index in [0.29, 0.717) is 0 Å². The highest BCUT2D eigenvalue weighted by Gasteiger charge is 2.45. The Balaban J connectivity index is 2.01. The minimum atomic E-state index is 0.177. The molecule has 19 heavy (non-hydrogen) atoms. The largest absolute Gasteiger partial charge is 0.497 e. The first-order valence-corrected chi connectivity index (χ1v) is 6.59. The maximum atomic E-state index is 5.22. The van der Waals surface area contributed by atoms with Crippen LogP contribution in [0.15, 0.2) is 54.6 Å². The zero-order valence-electron chi connectivity index (χ0n) is 11.6. The molecule has 0 saturated carbocycles. The summed E-state index contributed by atoms with van der Waals surface area (Å²) in [6, 6.07) is 19.0. The van der Waals surface area contributed by atoms with Crippen LogP contribution in [-0.2, 0) is 0 Å². The minimum Gasteiger partial charge on any atom is -0.497 e. The maximum absolute atomic E-state index is 5.22. The molecule has 2 aromatic carbocycles. The van der Waals surface area contributed by atoms with Crippen molar-refractivity contribution >= 4 is 11.1 Å². The van der Waals surface area contributed by atoms with Crippen LogP contribution in [0, 0.1) is 5.41 Å². The molecule has 0 N–H and O–H groups in total. The van der Waals surface area contributed by atoms with Crippen molar-refractivity contribution in [3.05, 3.63) is 65.7 Å². The Kier molecular flexibility index (Phi) is 2.70. The van der Waals surface area contributed by atoms with Crippen LogP contribution in [0.1, 0.15) is 25.0 Å². The summed E-state index contributed by atoms with van der Waals surface area (Å²) in [5.74, 6) is 0.907. The SMILES string of the molecule is COc1ccc(C2=C(c3ccccc3)C2(C)C)cc1. The molecule has 1 aliphatic rings. The van der Waals surface area contributed by atoms with E-state index in [-0.39, 0.29) is 5.41 Å². The Morgan fingerprint density at radius 3 is 1.79 bits per heavy atom. The lowest BCUT2D eigenvalue weighted by molar-refractivity contribution is 0.415.